The van der Waals surface area contributed by atoms with Gasteiger partial charge in [0.1, 0.15) is 24.0 Å². The van der Waals surface area contributed by atoms with E-state index in [1.54, 1.807) is 24.3 Å². The van der Waals surface area contributed by atoms with E-state index in [1.165, 1.54) is 28.5 Å². The molecule has 0 fully saturated rings. The predicted molar refractivity (Wildman–Crippen MR) is 120 cm³/mol. The molecule has 3 aromatic carbocycles. The van der Waals surface area contributed by atoms with E-state index in [-0.39, 0.29) is 18.0 Å². The molecule has 6 nitrogen and oxygen atoms in total. The molecule has 4 rings (SSSR count). The summed E-state index contributed by atoms with van der Waals surface area (Å²) < 4.78 is 35.2. The van der Waals surface area contributed by atoms with Gasteiger partial charge < -0.3 is 9.84 Å². The number of benzene rings is 3. The molecule has 1 atom stereocenters. The minimum atomic E-state index is -0.853. The molecule has 0 saturated heterocycles. The maximum atomic E-state index is 14.6. The molecule has 166 valence electrons. The molecule has 1 N–H and O–H groups in total. The zero-order chi connectivity index (χ0) is 23.2. The molecule has 1 unspecified atom stereocenters. The van der Waals surface area contributed by atoms with Crippen LogP contribution in [-0.4, -0.2) is 38.3 Å². The van der Waals surface area contributed by atoms with E-state index < -0.39 is 17.7 Å². The van der Waals surface area contributed by atoms with Gasteiger partial charge in [-0.25, -0.2) is 8.78 Å². The lowest BCUT2D eigenvalue weighted by molar-refractivity contribution is 0.126. The maximum absolute atomic E-state index is 14.6. The highest BCUT2D eigenvalue weighted by Gasteiger charge is 2.20. The van der Waals surface area contributed by atoms with Gasteiger partial charge >= 0.3 is 0 Å². The van der Waals surface area contributed by atoms with Crippen molar-refractivity contribution in [3.8, 4) is 28.9 Å². The minimum absolute atomic E-state index is 0.0174. The third kappa shape index (κ3) is 5.37. The van der Waals surface area contributed by atoms with Gasteiger partial charge in [-0.1, -0.05) is 42.1 Å². The van der Waals surface area contributed by atoms with Crippen LogP contribution in [0.5, 0.6) is 5.75 Å². The van der Waals surface area contributed by atoms with Crippen LogP contribution in [0.1, 0.15) is 5.56 Å². The van der Waals surface area contributed by atoms with E-state index >= 15 is 0 Å². The third-order valence-electron chi connectivity index (χ3n) is 4.65. The molecule has 33 heavy (non-hydrogen) atoms. The van der Waals surface area contributed by atoms with E-state index in [0.29, 0.717) is 27.9 Å². The first-order valence-corrected chi connectivity index (χ1v) is 10.9. The van der Waals surface area contributed by atoms with Crippen molar-refractivity contribution in [1.29, 1.82) is 5.26 Å². The van der Waals surface area contributed by atoms with Gasteiger partial charge in [0.05, 0.1) is 23.4 Å². The summed E-state index contributed by atoms with van der Waals surface area (Å²) in [4.78, 5) is 0. The summed E-state index contributed by atoms with van der Waals surface area (Å²) in [5, 5.41) is 27.9. The standard InChI is InChI=1S/C24H18F2N4O2S/c25-18-8-11-22(21(26)12-18)30-23(17-4-2-1-3-5-17)28-29-24(30)33-15-19(31)14-32-20-9-6-16(13-27)7-10-20/h1-12,19,31H,14-15H2. The first-order chi connectivity index (χ1) is 16.0. The first kappa shape index (κ1) is 22.5. The Hall–Kier alpha value is -3.74. The Balaban J connectivity index is 1.52. The molecule has 1 aromatic heterocycles. The summed E-state index contributed by atoms with van der Waals surface area (Å²) in [6.07, 6.45) is -0.853. The summed E-state index contributed by atoms with van der Waals surface area (Å²) in [5.74, 6) is -0.312. The van der Waals surface area contributed by atoms with Crippen molar-refractivity contribution >= 4 is 11.8 Å². The van der Waals surface area contributed by atoms with Crippen molar-refractivity contribution in [2.24, 2.45) is 0 Å². The van der Waals surface area contributed by atoms with Crippen LogP contribution in [0.25, 0.3) is 17.1 Å². The fraction of sp³-hybridized carbons (Fsp3) is 0.125. The highest BCUT2D eigenvalue weighted by atomic mass is 32.2. The minimum Gasteiger partial charge on any atom is -0.491 e. The number of halogens is 2. The molecular formula is C24H18F2N4O2S. The van der Waals surface area contributed by atoms with Crippen molar-refractivity contribution in [3.05, 3.63) is 90.0 Å². The van der Waals surface area contributed by atoms with Crippen molar-refractivity contribution < 1.29 is 18.6 Å². The number of nitrogens with zero attached hydrogens (tertiary/aromatic N) is 4. The monoisotopic (exact) mass is 464 g/mol. The molecular weight excluding hydrogens is 446 g/mol. The Labute approximate surface area is 193 Å². The van der Waals surface area contributed by atoms with E-state index in [4.69, 9.17) is 10.00 Å². The Morgan fingerprint density at radius 2 is 1.79 bits per heavy atom. The van der Waals surface area contributed by atoms with Crippen LogP contribution in [0.3, 0.4) is 0 Å². The average molecular weight is 464 g/mol. The topological polar surface area (TPSA) is 84.0 Å². The molecule has 0 aliphatic carbocycles. The number of thioether (sulfide) groups is 1. The van der Waals surface area contributed by atoms with Crippen LogP contribution in [0, 0.1) is 23.0 Å². The number of hydrogen-bond acceptors (Lipinski definition) is 6. The number of hydrogen-bond donors (Lipinski definition) is 1. The second-order valence-corrected chi connectivity index (χ2v) is 8.00. The lowest BCUT2D eigenvalue weighted by Crippen LogP contribution is -2.20. The van der Waals surface area contributed by atoms with Crippen LogP contribution in [0.4, 0.5) is 8.78 Å². The molecule has 4 aromatic rings. The number of aromatic nitrogens is 3. The molecule has 0 aliphatic rings. The Bertz CT molecular complexity index is 1270. The van der Waals surface area contributed by atoms with Crippen LogP contribution in [-0.2, 0) is 0 Å². The van der Waals surface area contributed by atoms with Crippen LogP contribution < -0.4 is 4.74 Å². The third-order valence-corrected chi connectivity index (χ3v) is 5.72. The normalized spacial score (nSPS) is 11.7. The molecule has 0 radical (unpaired) electrons. The Morgan fingerprint density at radius 1 is 1.03 bits per heavy atom. The van der Waals surface area contributed by atoms with Crippen molar-refractivity contribution in [2.45, 2.75) is 11.3 Å². The fourth-order valence-corrected chi connectivity index (χ4v) is 3.90. The summed E-state index contributed by atoms with van der Waals surface area (Å²) >= 11 is 1.18. The van der Waals surface area contributed by atoms with Gasteiger partial charge in [-0.05, 0) is 36.4 Å². The average Bonchev–Trinajstić information content (AvgIpc) is 3.26. The van der Waals surface area contributed by atoms with Gasteiger partial charge in [-0.15, -0.1) is 10.2 Å². The maximum Gasteiger partial charge on any atom is 0.196 e. The second-order valence-electron chi connectivity index (χ2n) is 7.02. The lowest BCUT2D eigenvalue weighted by atomic mass is 10.2. The lowest BCUT2D eigenvalue weighted by Gasteiger charge is -2.14. The van der Waals surface area contributed by atoms with Gasteiger partial charge in [-0.3, -0.25) is 4.57 Å². The summed E-state index contributed by atoms with van der Waals surface area (Å²) in [5.41, 5.74) is 1.33. The molecule has 0 bridgehead atoms. The van der Waals surface area contributed by atoms with Gasteiger partial charge in [0.25, 0.3) is 0 Å². The van der Waals surface area contributed by atoms with Crippen LogP contribution in [0.2, 0.25) is 0 Å². The van der Waals surface area contributed by atoms with Gasteiger partial charge in [0.15, 0.2) is 11.0 Å². The summed E-state index contributed by atoms with van der Waals surface area (Å²) in [6.45, 7) is 0.0174. The second kappa shape index (κ2) is 10.3. The highest BCUT2D eigenvalue weighted by Crippen LogP contribution is 2.29. The number of ether oxygens (including phenoxy) is 1. The molecule has 0 spiro atoms. The zero-order valence-electron chi connectivity index (χ0n) is 17.2. The zero-order valence-corrected chi connectivity index (χ0v) is 18.0. The Morgan fingerprint density at radius 3 is 2.48 bits per heavy atom. The summed E-state index contributed by atoms with van der Waals surface area (Å²) in [6, 6.07) is 21.0. The number of aliphatic hydroxyl groups excluding tert-OH is 1. The first-order valence-electron chi connectivity index (χ1n) is 9.95. The smallest absolute Gasteiger partial charge is 0.196 e. The number of aliphatic hydroxyl groups is 1. The van der Waals surface area contributed by atoms with Crippen molar-refractivity contribution in [2.75, 3.05) is 12.4 Å². The van der Waals surface area contributed by atoms with E-state index in [9.17, 15) is 13.9 Å². The largest absolute Gasteiger partial charge is 0.491 e. The van der Waals surface area contributed by atoms with Crippen LogP contribution in [0.15, 0.2) is 78.0 Å². The molecule has 1 heterocycles. The highest BCUT2D eigenvalue weighted by molar-refractivity contribution is 7.99. The number of nitriles is 1. The van der Waals surface area contributed by atoms with Gasteiger partial charge in [0.2, 0.25) is 0 Å². The van der Waals surface area contributed by atoms with Crippen molar-refractivity contribution in [1.82, 2.24) is 14.8 Å². The van der Waals surface area contributed by atoms with Gasteiger partial charge in [0, 0.05) is 17.4 Å². The fourth-order valence-electron chi connectivity index (χ4n) is 3.05. The quantitative estimate of drug-likeness (QED) is 0.383. The molecule has 0 saturated carbocycles. The van der Waals surface area contributed by atoms with Crippen LogP contribution >= 0.6 is 11.8 Å². The van der Waals surface area contributed by atoms with E-state index in [1.807, 2.05) is 36.4 Å². The SMILES string of the molecule is N#Cc1ccc(OCC(O)CSc2nnc(-c3ccccc3)n2-c2ccc(F)cc2F)cc1. The number of rotatable bonds is 8. The molecule has 9 heteroatoms. The predicted octanol–water partition coefficient (Wildman–Crippen LogP) is 4.62. The molecule has 0 aliphatic heterocycles. The Kier molecular flexibility index (Phi) is 6.98. The van der Waals surface area contributed by atoms with E-state index in [0.717, 1.165) is 6.07 Å². The molecule has 0 amide bonds. The van der Waals surface area contributed by atoms with Crippen molar-refractivity contribution in [3.63, 3.8) is 0 Å². The summed E-state index contributed by atoms with van der Waals surface area (Å²) in [7, 11) is 0. The van der Waals surface area contributed by atoms with Gasteiger partial charge in [-0.2, -0.15) is 5.26 Å². The van der Waals surface area contributed by atoms with E-state index in [2.05, 4.69) is 10.2 Å².